The maximum absolute atomic E-state index is 10.4. The van der Waals surface area contributed by atoms with Crippen LogP contribution < -0.4 is 4.74 Å². The topological polar surface area (TPSA) is 39.2 Å². The molecule has 0 saturated carbocycles. The summed E-state index contributed by atoms with van der Waals surface area (Å²) in [5, 5.41) is 0. The summed E-state index contributed by atoms with van der Waals surface area (Å²) in [6, 6.07) is 11.5. The number of carbonyl (C=O) groups excluding carboxylic acids is 1. The minimum Gasteiger partial charge on any atom is -0.489 e. The SMILES string of the molecule is O=CCc1cncc(COc2ccccc2)c1. The number of hydrogen-bond acceptors (Lipinski definition) is 3. The Balaban J connectivity index is 1.99. The van der Waals surface area contributed by atoms with E-state index < -0.39 is 0 Å². The minimum atomic E-state index is 0.395. The number of ether oxygens (including phenoxy) is 1. The Bertz CT molecular complexity index is 483. The van der Waals surface area contributed by atoms with Gasteiger partial charge in [-0.2, -0.15) is 0 Å². The van der Waals surface area contributed by atoms with Crippen LogP contribution in [0, 0.1) is 0 Å². The molecule has 86 valence electrons. The molecule has 0 aliphatic heterocycles. The Morgan fingerprint density at radius 2 is 1.88 bits per heavy atom. The van der Waals surface area contributed by atoms with Crippen molar-refractivity contribution in [1.29, 1.82) is 0 Å². The van der Waals surface area contributed by atoms with Gasteiger partial charge in [0.05, 0.1) is 0 Å². The van der Waals surface area contributed by atoms with Crippen LogP contribution in [0.4, 0.5) is 0 Å². The first kappa shape index (κ1) is 11.3. The Morgan fingerprint density at radius 3 is 2.65 bits per heavy atom. The molecule has 0 aliphatic rings. The van der Waals surface area contributed by atoms with Crippen molar-refractivity contribution in [3.8, 4) is 5.75 Å². The molecule has 2 rings (SSSR count). The van der Waals surface area contributed by atoms with Crippen molar-refractivity contribution in [2.45, 2.75) is 13.0 Å². The Morgan fingerprint density at radius 1 is 1.12 bits per heavy atom. The van der Waals surface area contributed by atoms with Crippen LogP contribution in [0.15, 0.2) is 48.8 Å². The zero-order valence-corrected chi connectivity index (χ0v) is 9.37. The summed E-state index contributed by atoms with van der Waals surface area (Å²) in [5.41, 5.74) is 1.88. The third-order valence-electron chi connectivity index (χ3n) is 2.32. The van der Waals surface area contributed by atoms with Crippen molar-refractivity contribution in [2.75, 3.05) is 0 Å². The van der Waals surface area contributed by atoms with Crippen molar-refractivity contribution >= 4 is 6.29 Å². The number of para-hydroxylation sites is 1. The molecule has 0 aliphatic carbocycles. The first-order valence-corrected chi connectivity index (χ1v) is 5.43. The number of aldehydes is 1. The number of benzene rings is 1. The molecule has 3 heteroatoms. The molecule has 0 bridgehead atoms. The summed E-state index contributed by atoms with van der Waals surface area (Å²) in [4.78, 5) is 14.5. The predicted octanol–water partition coefficient (Wildman–Crippen LogP) is 2.40. The van der Waals surface area contributed by atoms with Crippen LogP contribution in [0.25, 0.3) is 0 Å². The molecule has 1 aromatic heterocycles. The van der Waals surface area contributed by atoms with E-state index in [9.17, 15) is 4.79 Å². The molecule has 0 fully saturated rings. The van der Waals surface area contributed by atoms with Gasteiger partial charge in [-0.15, -0.1) is 0 Å². The first-order valence-electron chi connectivity index (χ1n) is 5.43. The molecule has 1 aromatic carbocycles. The average molecular weight is 227 g/mol. The maximum atomic E-state index is 10.4. The summed E-state index contributed by atoms with van der Waals surface area (Å²) in [6.07, 6.45) is 4.71. The highest BCUT2D eigenvalue weighted by Gasteiger charge is 1.98. The summed E-state index contributed by atoms with van der Waals surface area (Å²) in [5.74, 6) is 0.827. The van der Waals surface area contributed by atoms with E-state index in [-0.39, 0.29) is 0 Å². The van der Waals surface area contributed by atoms with Crippen molar-refractivity contribution in [3.63, 3.8) is 0 Å². The molecule has 0 spiro atoms. The second-order valence-corrected chi connectivity index (χ2v) is 3.67. The molecule has 17 heavy (non-hydrogen) atoms. The van der Waals surface area contributed by atoms with E-state index in [1.54, 1.807) is 12.4 Å². The molecule has 0 atom stereocenters. The van der Waals surface area contributed by atoms with E-state index >= 15 is 0 Å². The van der Waals surface area contributed by atoms with Crippen molar-refractivity contribution in [2.24, 2.45) is 0 Å². The predicted molar refractivity (Wildman–Crippen MR) is 64.8 cm³/mol. The molecule has 2 aromatic rings. The molecule has 0 unspecified atom stereocenters. The number of aromatic nitrogens is 1. The summed E-state index contributed by atoms with van der Waals surface area (Å²) in [7, 11) is 0. The van der Waals surface area contributed by atoms with Crippen molar-refractivity contribution < 1.29 is 9.53 Å². The van der Waals surface area contributed by atoms with Gasteiger partial charge in [0.2, 0.25) is 0 Å². The van der Waals surface area contributed by atoms with Gasteiger partial charge < -0.3 is 9.53 Å². The second kappa shape index (κ2) is 5.80. The van der Waals surface area contributed by atoms with Crippen LogP contribution in [0.1, 0.15) is 11.1 Å². The van der Waals surface area contributed by atoms with E-state index in [1.807, 2.05) is 36.4 Å². The maximum Gasteiger partial charge on any atom is 0.124 e. The quantitative estimate of drug-likeness (QED) is 0.736. The fraction of sp³-hybridized carbons (Fsp3) is 0.143. The summed E-state index contributed by atoms with van der Waals surface area (Å²) >= 11 is 0. The average Bonchev–Trinajstić information content (AvgIpc) is 2.39. The van der Waals surface area contributed by atoms with Gasteiger partial charge >= 0.3 is 0 Å². The largest absolute Gasteiger partial charge is 0.489 e. The third kappa shape index (κ3) is 3.41. The number of hydrogen-bond donors (Lipinski definition) is 0. The third-order valence-corrected chi connectivity index (χ3v) is 2.32. The van der Waals surface area contributed by atoms with Gasteiger partial charge in [0, 0.05) is 24.4 Å². The van der Waals surface area contributed by atoms with Crippen LogP contribution in [0.5, 0.6) is 5.75 Å². The van der Waals surface area contributed by atoms with Crippen molar-refractivity contribution in [1.82, 2.24) is 4.98 Å². The van der Waals surface area contributed by atoms with Crippen LogP contribution in [0.2, 0.25) is 0 Å². The fourth-order valence-corrected chi connectivity index (χ4v) is 1.51. The minimum absolute atomic E-state index is 0.395. The van der Waals surface area contributed by atoms with Crippen molar-refractivity contribution in [3.05, 3.63) is 59.9 Å². The standard InChI is InChI=1S/C14H13NO2/c16-7-6-12-8-13(10-15-9-12)11-17-14-4-2-1-3-5-14/h1-5,7-10H,6,11H2. The highest BCUT2D eigenvalue weighted by atomic mass is 16.5. The van der Waals surface area contributed by atoms with Crippen LogP contribution in [0.3, 0.4) is 0 Å². The van der Waals surface area contributed by atoms with E-state index in [0.29, 0.717) is 13.0 Å². The highest BCUT2D eigenvalue weighted by Crippen LogP contribution is 2.11. The Hall–Kier alpha value is -2.16. The number of pyridine rings is 1. The zero-order valence-electron chi connectivity index (χ0n) is 9.37. The fourth-order valence-electron chi connectivity index (χ4n) is 1.51. The highest BCUT2D eigenvalue weighted by molar-refractivity contribution is 5.54. The molecule has 0 saturated heterocycles. The molecule has 0 radical (unpaired) electrons. The van der Waals surface area contributed by atoms with Gasteiger partial charge in [-0.3, -0.25) is 4.98 Å². The van der Waals surface area contributed by atoms with Gasteiger partial charge in [0.25, 0.3) is 0 Å². The van der Waals surface area contributed by atoms with Gasteiger partial charge in [-0.05, 0) is 23.8 Å². The number of carbonyl (C=O) groups is 1. The van der Waals surface area contributed by atoms with E-state index in [2.05, 4.69) is 4.98 Å². The van der Waals surface area contributed by atoms with Gasteiger partial charge in [-0.1, -0.05) is 18.2 Å². The van der Waals surface area contributed by atoms with E-state index in [1.165, 1.54) is 0 Å². The Kier molecular flexibility index (Phi) is 3.86. The van der Waals surface area contributed by atoms with Gasteiger partial charge in [-0.25, -0.2) is 0 Å². The summed E-state index contributed by atoms with van der Waals surface area (Å²) < 4.78 is 5.60. The molecular weight excluding hydrogens is 214 g/mol. The molecule has 3 nitrogen and oxygen atoms in total. The zero-order chi connectivity index (χ0) is 11.9. The molecule has 0 N–H and O–H groups in total. The lowest BCUT2D eigenvalue weighted by Gasteiger charge is -2.06. The second-order valence-electron chi connectivity index (χ2n) is 3.67. The lowest BCUT2D eigenvalue weighted by atomic mass is 10.2. The van der Waals surface area contributed by atoms with Crippen LogP contribution in [-0.4, -0.2) is 11.3 Å². The van der Waals surface area contributed by atoms with Crippen LogP contribution in [-0.2, 0) is 17.8 Å². The van der Waals surface area contributed by atoms with Gasteiger partial charge in [0.1, 0.15) is 18.6 Å². The number of nitrogens with zero attached hydrogens (tertiary/aromatic N) is 1. The molecule has 0 amide bonds. The first-order chi connectivity index (χ1) is 8.38. The van der Waals surface area contributed by atoms with E-state index in [4.69, 9.17) is 4.74 Å². The molecule has 1 heterocycles. The lowest BCUT2D eigenvalue weighted by Crippen LogP contribution is -1.98. The smallest absolute Gasteiger partial charge is 0.124 e. The van der Waals surface area contributed by atoms with Gasteiger partial charge in [0.15, 0.2) is 0 Å². The Labute approximate surface area is 100 Å². The lowest BCUT2D eigenvalue weighted by molar-refractivity contribution is -0.107. The number of rotatable bonds is 5. The van der Waals surface area contributed by atoms with E-state index in [0.717, 1.165) is 23.2 Å². The monoisotopic (exact) mass is 227 g/mol. The van der Waals surface area contributed by atoms with Crippen LogP contribution >= 0.6 is 0 Å². The normalized spacial score (nSPS) is 9.88. The molecular formula is C14H13NO2. The summed E-state index contributed by atoms with van der Waals surface area (Å²) in [6.45, 7) is 0.462.